The Morgan fingerprint density at radius 1 is 1.12 bits per heavy atom. The SMILES string of the molecule is Cc1cccc([C@H](NC(=O)c2ccc3cccc(F)c3n2)C2CC2)n1. The van der Waals surface area contributed by atoms with Gasteiger partial charge < -0.3 is 5.32 Å². The zero-order valence-corrected chi connectivity index (χ0v) is 13.9. The summed E-state index contributed by atoms with van der Waals surface area (Å²) in [5.74, 6) is -0.327. The third kappa shape index (κ3) is 3.22. The molecule has 1 aliphatic rings. The van der Waals surface area contributed by atoms with Crippen molar-refractivity contribution in [2.75, 3.05) is 0 Å². The fourth-order valence-corrected chi connectivity index (χ4v) is 3.05. The molecule has 0 aliphatic heterocycles. The zero-order valence-electron chi connectivity index (χ0n) is 13.9. The summed E-state index contributed by atoms with van der Waals surface area (Å²) in [5, 5.41) is 3.71. The molecule has 25 heavy (non-hydrogen) atoms. The number of nitrogens with zero attached hydrogens (tertiary/aromatic N) is 2. The van der Waals surface area contributed by atoms with Gasteiger partial charge in [-0.3, -0.25) is 9.78 Å². The van der Waals surface area contributed by atoms with Gasteiger partial charge in [0.05, 0.1) is 11.7 Å². The van der Waals surface area contributed by atoms with Crippen LogP contribution in [0.15, 0.2) is 48.5 Å². The first-order chi connectivity index (χ1) is 12.1. The number of carbonyl (C=O) groups excluding carboxylic acids is 1. The van der Waals surface area contributed by atoms with Crippen molar-refractivity contribution >= 4 is 16.8 Å². The average molecular weight is 335 g/mol. The molecule has 1 amide bonds. The van der Waals surface area contributed by atoms with Crippen LogP contribution in [0.3, 0.4) is 0 Å². The van der Waals surface area contributed by atoms with Crippen LogP contribution in [-0.2, 0) is 0 Å². The first-order valence-corrected chi connectivity index (χ1v) is 8.41. The monoisotopic (exact) mass is 335 g/mol. The second kappa shape index (κ2) is 6.24. The summed E-state index contributed by atoms with van der Waals surface area (Å²) < 4.78 is 13.9. The Morgan fingerprint density at radius 3 is 2.68 bits per heavy atom. The molecule has 0 spiro atoms. The predicted octanol–water partition coefficient (Wildman–Crippen LogP) is 3.96. The third-order valence-electron chi connectivity index (χ3n) is 4.51. The Balaban J connectivity index is 1.63. The van der Waals surface area contributed by atoms with Crippen LogP contribution in [0.4, 0.5) is 4.39 Å². The highest BCUT2D eigenvalue weighted by atomic mass is 19.1. The minimum atomic E-state index is -0.425. The number of fused-ring (bicyclic) bond motifs is 1. The minimum absolute atomic E-state index is 0.134. The highest BCUT2D eigenvalue weighted by Crippen LogP contribution is 2.40. The average Bonchev–Trinajstić information content (AvgIpc) is 3.44. The van der Waals surface area contributed by atoms with E-state index < -0.39 is 5.82 Å². The fourth-order valence-electron chi connectivity index (χ4n) is 3.05. The molecule has 3 aromatic rings. The molecule has 4 nitrogen and oxygen atoms in total. The lowest BCUT2D eigenvalue weighted by molar-refractivity contribution is 0.0926. The highest BCUT2D eigenvalue weighted by molar-refractivity contribution is 5.95. The van der Waals surface area contributed by atoms with Crippen molar-refractivity contribution in [2.45, 2.75) is 25.8 Å². The quantitative estimate of drug-likeness (QED) is 0.785. The summed E-state index contributed by atoms with van der Waals surface area (Å²) in [4.78, 5) is 21.4. The van der Waals surface area contributed by atoms with Gasteiger partial charge in [0.25, 0.3) is 5.91 Å². The van der Waals surface area contributed by atoms with Crippen LogP contribution in [0.1, 0.15) is 40.8 Å². The van der Waals surface area contributed by atoms with Crippen LogP contribution < -0.4 is 5.32 Å². The third-order valence-corrected chi connectivity index (χ3v) is 4.51. The second-order valence-electron chi connectivity index (χ2n) is 6.50. The van der Waals surface area contributed by atoms with Crippen LogP contribution in [0, 0.1) is 18.7 Å². The molecule has 1 saturated carbocycles. The van der Waals surface area contributed by atoms with Crippen LogP contribution >= 0.6 is 0 Å². The molecule has 4 rings (SSSR count). The number of amides is 1. The van der Waals surface area contributed by atoms with Crippen LogP contribution in [-0.4, -0.2) is 15.9 Å². The maximum absolute atomic E-state index is 13.9. The van der Waals surface area contributed by atoms with Crippen molar-refractivity contribution in [3.63, 3.8) is 0 Å². The lowest BCUT2D eigenvalue weighted by atomic mass is 10.1. The Bertz CT molecular complexity index is 953. The van der Waals surface area contributed by atoms with E-state index in [-0.39, 0.29) is 23.2 Å². The lowest BCUT2D eigenvalue weighted by Gasteiger charge is -2.18. The molecule has 2 heterocycles. The van der Waals surface area contributed by atoms with Crippen molar-refractivity contribution in [2.24, 2.45) is 5.92 Å². The van der Waals surface area contributed by atoms with Gasteiger partial charge in [0.1, 0.15) is 17.0 Å². The van der Waals surface area contributed by atoms with Gasteiger partial charge in [0, 0.05) is 11.1 Å². The van der Waals surface area contributed by atoms with Gasteiger partial charge in [-0.2, -0.15) is 0 Å². The number of rotatable bonds is 4. The number of halogens is 1. The molecule has 1 N–H and O–H groups in total. The number of aryl methyl sites for hydroxylation is 1. The standard InChI is InChI=1S/C20H18FN3O/c1-12-4-2-7-16(22-12)19(14-8-9-14)24-20(25)17-11-10-13-5-3-6-15(21)18(13)23-17/h2-7,10-11,14,19H,8-9H2,1H3,(H,24,25)/t19-/m1/s1. The van der Waals surface area contributed by atoms with Crippen LogP contribution in [0.25, 0.3) is 10.9 Å². The molecule has 1 atom stereocenters. The normalized spacial score (nSPS) is 15.1. The van der Waals surface area contributed by atoms with Crippen LogP contribution in [0.5, 0.6) is 0 Å². The van der Waals surface area contributed by atoms with E-state index in [4.69, 9.17) is 0 Å². The summed E-state index contributed by atoms with van der Waals surface area (Å²) in [6, 6.07) is 13.8. The summed E-state index contributed by atoms with van der Waals surface area (Å²) >= 11 is 0. The molecule has 0 unspecified atom stereocenters. The van der Waals surface area contributed by atoms with Gasteiger partial charge in [-0.05, 0) is 49.9 Å². The lowest BCUT2D eigenvalue weighted by Crippen LogP contribution is -2.31. The number of nitrogens with one attached hydrogen (secondary N) is 1. The number of hydrogen-bond acceptors (Lipinski definition) is 3. The number of aromatic nitrogens is 2. The van der Waals surface area contributed by atoms with Gasteiger partial charge in [0.15, 0.2) is 0 Å². The summed E-state index contributed by atoms with van der Waals surface area (Å²) in [5.41, 5.74) is 2.22. The van der Waals surface area contributed by atoms with E-state index in [2.05, 4.69) is 15.3 Å². The zero-order chi connectivity index (χ0) is 17.4. The summed E-state index contributed by atoms with van der Waals surface area (Å²) in [6.45, 7) is 1.93. The molecule has 0 bridgehead atoms. The van der Waals surface area contributed by atoms with Crippen molar-refractivity contribution < 1.29 is 9.18 Å². The van der Waals surface area contributed by atoms with Crippen LogP contribution in [0.2, 0.25) is 0 Å². The Labute approximate surface area is 145 Å². The highest BCUT2D eigenvalue weighted by Gasteiger charge is 2.34. The molecular formula is C20H18FN3O. The first kappa shape index (κ1) is 15.7. The largest absolute Gasteiger partial charge is 0.342 e. The van der Waals surface area contributed by atoms with Crippen molar-refractivity contribution in [1.82, 2.24) is 15.3 Å². The van der Waals surface area contributed by atoms with Gasteiger partial charge in [-0.15, -0.1) is 0 Å². The smallest absolute Gasteiger partial charge is 0.270 e. The van der Waals surface area contributed by atoms with Crippen molar-refractivity contribution in [1.29, 1.82) is 0 Å². The van der Waals surface area contributed by atoms with E-state index in [1.54, 1.807) is 24.3 Å². The van der Waals surface area contributed by atoms with Gasteiger partial charge in [0.2, 0.25) is 0 Å². The van der Waals surface area contributed by atoms with E-state index in [0.717, 1.165) is 24.2 Å². The molecule has 0 radical (unpaired) electrons. The number of pyridine rings is 2. The van der Waals surface area contributed by atoms with Gasteiger partial charge >= 0.3 is 0 Å². The molecule has 1 fully saturated rings. The molecule has 5 heteroatoms. The van der Waals surface area contributed by atoms with E-state index in [0.29, 0.717) is 11.3 Å². The number of benzene rings is 1. The maximum Gasteiger partial charge on any atom is 0.270 e. The number of para-hydroxylation sites is 1. The minimum Gasteiger partial charge on any atom is -0.342 e. The van der Waals surface area contributed by atoms with Crippen molar-refractivity contribution in [3.8, 4) is 0 Å². The molecular weight excluding hydrogens is 317 g/mol. The molecule has 0 saturated heterocycles. The molecule has 2 aromatic heterocycles. The summed E-state index contributed by atoms with van der Waals surface area (Å²) in [6.07, 6.45) is 2.14. The molecule has 1 aromatic carbocycles. The van der Waals surface area contributed by atoms with Gasteiger partial charge in [-0.1, -0.05) is 24.3 Å². The fraction of sp³-hybridized carbons (Fsp3) is 0.250. The second-order valence-corrected chi connectivity index (χ2v) is 6.50. The predicted molar refractivity (Wildman–Crippen MR) is 93.6 cm³/mol. The van der Waals surface area contributed by atoms with Gasteiger partial charge in [-0.25, -0.2) is 9.37 Å². The maximum atomic E-state index is 13.9. The van der Waals surface area contributed by atoms with E-state index in [1.807, 2.05) is 25.1 Å². The molecule has 126 valence electrons. The number of carbonyl (C=O) groups is 1. The Morgan fingerprint density at radius 2 is 1.92 bits per heavy atom. The summed E-state index contributed by atoms with van der Waals surface area (Å²) in [7, 11) is 0. The Kier molecular flexibility index (Phi) is 3.92. The van der Waals surface area contributed by atoms with E-state index in [1.165, 1.54) is 6.07 Å². The van der Waals surface area contributed by atoms with Crippen molar-refractivity contribution in [3.05, 3.63) is 71.4 Å². The topological polar surface area (TPSA) is 54.9 Å². The number of hydrogen-bond donors (Lipinski definition) is 1. The first-order valence-electron chi connectivity index (χ1n) is 8.41. The Hall–Kier alpha value is -2.82. The molecule has 1 aliphatic carbocycles. The van der Waals surface area contributed by atoms with E-state index >= 15 is 0 Å². The van der Waals surface area contributed by atoms with E-state index in [9.17, 15) is 9.18 Å².